The van der Waals surface area contributed by atoms with E-state index in [1.165, 1.54) is 24.3 Å². The standard InChI is InChI=1S/C19H17FN2O2/c20-15-9-7-13(8-10-15)19(23)22-11-3-4-14(12-22)18-21-16-5-1-2-6-17(16)24-18/h1-2,5-10,14H,3-4,11-12H2/t14-/m0/s1. The Balaban J connectivity index is 1.54. The number of likely N-dealkylation sites (tertiary alicyclic amines) is 1. The van der Waals surface area contributed by atoms with E-state index in [2.05, 4.69) is 4.98 Å². The van der Waals surface area contributed by atoms with Gasteiger partial charge in [0, 0.05) is 18.7 Å². The van der Waals surface area contributed by atoms with E-state index in [9.17, 15) is 9.18 Å². The van der Waals surface area contributed by atoms with E-state index in [1.807, 2.05) is 24.3 Å². The maximum absolute atomic E-state index is 13.0. The summed E-state index contributed by atoms with van der Waals surface area (Å²) in [5.74, 6) is 0.369. The normalized spacial score (nSPS) is 18.0. The van der Waals surface area contributed by atoms with Crippen molar-refractivity contribution in [1.29, 1.82) is 0 Å². The van der Waals surface area contributed by atoms with Crippen molar-refractivity contribution in [1.82, 2.24) is 9.88 Å². The lowest BCUT2D eigenvalue weighted by molar-refractivity contribution is 0.0699. The highest BCUT2D eigenvalue weighted by atomic mass is 19.1. The summed E-state index contributed by atoms with van der Waals surface area (Å²) in [5.41, 5.74) is 2.12. The molecule has 0 radical (unpaired) electrons. The van der Waals surface area contributed by atoms with Crippen molar-refractivity contribution in [3.8, 4) is 0 Å². The Hall–Kier alpha value is -2.69. The van der Waals surface area contributed by atoms with Gasteiger partial charge in [-0.1, -0.05) is 12.1 Å². The number of rotatable bonds is 2. The molecule has 4 nitrogen and oxygen atoms in total. The molecule has 1 aromatic heterocycles. The lowest BCUT2D eigenvalue weighted by atomic mass is 9.97. The molecule has 0 spiro atoms. The quantitative estimate of drug-likeness (QED) is 0.716. The molecule has 1 fully saturated rings. The zero-order valence-corrected chi connectivity index (χ0v) is 13.1. The molecule has 0 aliphatic carbocycles. The predicted molar refractivity (Wildman–Crippen MR) is 88.3 cm³/mol. The van der Waals surface area contributed by atoms with Gasteiger partial charge in [0.25, 0.3) is 5.91 Å². The molecular weight excluding hydrogens is 307 g/mol. The summed E-state index contributed by atoms with van der Waals surface area (Å²) >= 11 is 0. The number of nitrogens with zero attached hydrogens (tertiary/aromatic N) is 2. The van der Waals surface area contributed by atoms with Crippen LogP contribution in [0, 0.1) is 5.82 Å². The van der Waals surface area contributed by atoms with Crippen LogP contribution in [0.2, 0.25) is 0 Å². The topological polar surface area (TPSA) is 46.3 Å². The number of para-hydroxylation sites is 2. The molecule has 2 aromatic carbocycles. The predicted octanol–water partition coefficient (Wildman–Crippen LogP) is 3.99. The molecule has 0 N–H and O–H groups in total. The number of carbonyl (C=O) groups is 1. The molecule has 1 saturated heterocycles. The fraction of sp³-hybridized carbons (Fsp3) is 0.263. The summed E-state index contributed by atoms with van der Waals surface area (Å²) in [4.78, 5) is 19.0. The molecule has 122 valence electrons. The van der Waals surface area contributed by atoms with Gasteiger partial charge < -0.3 is 9.32 Å². The molecule has 0 saturated carbocycles. The van der Waals surface area contributed by atoms with Crippen molar-refractivity contribution < 1.29 is 13.6 Å². The maximum atomic E-state index is 13.0. The van der Waals surface area contributed by atoms with Crippen molar-refractivity contribution in [2.75, 3.05) is 13.1 Å². The number of benzene rings is 2. The number of fused-ring (bicyclic) bond motifs is 1. The van der Waals surface area contributed by atoms with Crippen LogP contribution < -0.4 is 0 Å². The van der Waals surface area contributed by atoms with Crippen molar-refractivity contribution in [2.45, 2.75) is 18.8 Å². The highest BCUT2D eigenvalue weighted by Gasteiger charge is 2.28. The molecule has 3 aromatic rings. The molecule has 1 aliphatic heterocycles. The Morgan fingerprint density at radius 3 is 2.75 bits per heavy atom. The summed E-state index contributed by atoms with van der Waals surface area (Å²) < 4.78 is 18.9. The van der Waals surface area contributed by atoms with Crippen LogP contribution in [0.25, 0.3) is 11.1 Å². The first-order chi connectivity index (χ1) is 11.7. The third-order valence-electron chi connectivity index (χ3n) is 4.46. The van der Waals surface area contributed by atoms with Crippen LogP contribution in [0.3, 0.4) is 0 Å². The first-order valence-electron chi connectivity index (χ1n) is 8.11. The van der Waals surface area contributed by atoms with Gasteiger partial charge in [-0.3, -0.25) is 4.79 Å². The number of hydrogen-bond donors (Lipinski definition) is 0. The van der Waals surface area contributed by atoms with Crippen LogP contribution in [-0.2, 0) is 0 Å². The molecule has 1 amide bonds. The van der Waals surface area contributed by atoms with E-state index in [1.54, 1.807) is 4.90 Å². The van der Waals surface area contributed by atoms with Crippen LogP contribution in [0.15, 0.2) is 52.9 Å². The van der Waals surface area contributed by atoms with Crippen molar-refractivity contribution in [3.63, 3.8) is 0 Å². The summed E-state index contributed by atoms with van der Waals surface area (Å²) in [5, 5.41) is 0. The van der Waals surface area contributed by atoms with E-state index in [0.717, 1.165) is 23.9 Å². The second-order valence-electron chi connectivity index (χ2n) is 6.12. The van der Waals surface area contributed by atoms with Gasteiger partial charge in [0.15, 0.2) is 11.5 Å². The molecule has 0 bridgehead atoms. The minimum Gasteiger partial charge on any atom is -0.440 e. The SMILES string of the molecule is O=C(c1ccc(F)cc1)N1CCC[C@H](c2nc3ccccc3o2)C1. The van der Waals surface area contributed by atoms with E-state index in [-0.39, 0.29) is 17.6 Å². The zero-order valence-electron chi connectivity index (χ0n) is 13.1. The van der Waals surface area contributed by atoms with Gasteiger partial charge in [0.05, 0.1) is 5.92 Å². The van der Waals surface area contributed by atoms with Gasteiger partial charge in [-0.2, -0.15) is 0 Å². The van der Waals surface area contributed by atoms with E-state index < -0.39 is 0 Å². The number of piperidine rings is 1. The molecule has 0 unspecified atom stereocenters. The van der Waals surface area contributed by atoms with Crippen LogP contribution in [0.5, 0.6) is 0 Å². The fourth-order valence-corrected chi connectivity index (χ4v) is 3.20. The zero-order chi connectivity index (χ0) is 16.5. The molecule has 5 heteroatoms. The first-order valence-corrected chi connectivity index (χ1v) is 8.11. The fourth-order valence-electron chi connectivity index (χ4n) is 3.20. The Morgan fingerprint density at radius 2 is 1.96 bits per heavy atom. The molecule has 1 atom stereocenters. The van der Waals surface area contributed by atoms with Gasteiger partial charge in [0.1, 0.15) is 11.3 Å². The number of carbonyl (C=O) groups excluding carboxylic acids is 1. The monoisotopic (exact) mass is 324 g/mol. The van der Waals surface area contributed by atoms with Crippen LogP contribution in [0.4, 0.5) is 4.39 Å². The Bertz CT molecular complexity index is 839. The number of oxazole rings is 1. The Labute approximate surface area is 138 Å². The smallest absolute Gasteiger partial charge is 0.253 e. The highest BCUT2D eigenvalue weighted by Crippen LogP contribution is 2.29. The lowest BCUT2D eigenvalue weighted by Crippen LogP contribution is -2.39. The molecular formula is C19H17FN2O2. The van der Waals surface area contributed by atoms with Crippen LogP contribution in [-0.4, -0.2) is 28.9 Å². The highest BCUT2D eigenvalue weighted by molar-refractivity contribution is 5.94. The first kappa shape index (κ1) is 14.9. The molecule has 24 heavy (non-hydrogen) atoms. The average Bonchev–Trinajstić information content (AvgIpc) is 3.06. The van der Waals surface area contributed by atoms with Crippen LogP contribution >= 0.6 is 0 Å². The number of halogens is 1. The second-order valence-corrected chi connectivity index (χ2v) is 6.12. The Morgan fingerprint density at radius 1 is 1.17 bits per heavy atom. The van der Waals surface area contributed by atoms with E-state index in [4.69, 9.17) is 4.42 Å². The second kappa shape index (κ2) is 6.07. The molecule has 1 aliphatic rings. The molecule has 4 rings (SSSR count). The van der Waals surface area contributed by atoms with Gasteiger partial charge >= 0.3 is 0 Å². The summed E-state index contributed by atoms with van der Waals surface area (Å²) in [6, 6.07) is 13.4. The van der Waals surface area contributed by atoms with Gasteiger partial charge in [0.2, 0.25) is 0 Å². The lowest BCUT2D eigenvalue weighted by Gasteiger charge is -2.31. The average molecular weight is 324 g/mol. The number of hydrogen-bond acceptors (Lipinski definition) is 3. The third kappa shape index (κ3) is 2.77. The Kier molecular flexibility index (Phi) is 3.76. The van der Waals surface area contributed by atoms with Crippen molar-refractivity contribution in [2.24, 2.45) is 0 Å². The third-order valence-corrected chi connectivity index (χ3v) is 4.46. The van der Waals surface area contributed by atoms with E-state index >= 15 is 0 Å². The molecule has 2 heterocycles. The van der Waals surface area contributed by atoms with Crippen LogP contribution in [0.1, 0.15) is 35.0 Å². The number of aromatic nitrogens is 1. The maximum Gasteiger partial charge on any atom is 0.253 e. The summed E-state index contributed by atoms with van der Waals surface area (Å²) in [7, 11) is 0. The van der Waals surface area contributed by atoms with Crippen molar-refractivity contribution >= 4 is 17.0 Å². The summed E-state index contributed by atoms with van der Waals surface area (Å²) in [6.45, 7) is 1.27. The summed E-state index contributed by atoms with van der Waals surface area (Å²) in [6.07, 6.45) is 1.84. The minimum atomic E-state index is -0.338. The minimum absolute atomic E-state index is 0.0733. The van der Waals surface area contributed by atoms with Gasteiger partial charge in [-0.05, 0) is 49.2 Å². The largest absolute Gasteiger partial charge is 0.440 e. The van der Waals surface area contributed by atoms with Gasteiger partial charge in [-0.15, -0.1) is 0 Å². The number of amides is 1. The van der Waals surface area contributed by atoms with Crippen molar-refractivity contribution in [3.05, 3.63) is 65.8 Å². The van der Waals surface area contributed by atoms with E-state index in [0.29, 0.717) is 24.5 Å². The van der Waals surface area contributed by atoms with Gasteiger partial charge in [-0.25, -0.2) is 9.37 Å².